The van der Waals surface area contributed by atoms with E-state index in [1.54, 1.807) is 43.5 Å². The summed E-state index contributed by atoms with van der Waals surface area (Å²) < 4.78 is 25.0. The Bertz CT molecular complexity index is 1450. The third-order valence-electron chi connectivity index (χ3n) is 7.00. The molecule has 2 amide bonds. The lowest BCUT2D eigenvalue weighted by molar-refractivity contribution is -0.114. The lowest BCUT2D eigenvalue weighted by Gasteiger charge is -2.35. The molecule has 0 N–H and O–H groups in total. The number of ether oxygens (including phenoxy) is 2. The van der Waals surface area contributed by atoms with E-state index in [2.05, 4.69) is 4.90 Å². The fraction of sp³-hybridized carbons (Fsp3) is 0.241. The van der Waals surface area contributed by atoms with Crippen LogP contribution in [0, 0.1) is 5.82 Å². The maximum absolute atomic E-state index is 14.1. The average Bonchev–Trinajstić information content (AvgIpc) is 3.41. The summed E-state index contributed by atoms with van der Waals surface area (Å²) in [6.07, 6.45) is 1.57. The highest BCUT2D eigenvalue weighted by Gasteiger charge is 2.29. The summed E-state index contributed by atoms with van der Waals surface area (Å²) in [6.45, 7) is 3.83. The monoisotopic (exact) mass is 531 g/mol. The normalized spacial score (nSPS) is 18.2. The van der Waals surface area contributed by atoms with Gasteiger partial charge in [0.05, 0.1) is 10.6 Å². The summed E-state index contributed by atoms with van der Waals surface area (Å²) in [5.41, 5.74) is 2.75. The second-order valence-electron chi connectivity index (χ2n) is 9.43. The number of fused-ring (bicyclic) bond motifs is 2. The van der Waals surface area contributed by atoms with Crippen LogP contribution >= 0.6 is 11.8 Å². The van der Waals surface area contributed by atoms with Crippen molar-refractivity contribution in [2.45, 2.75) is 11.4 Å². The summed E-state index contributed by atoms with van der Waals surface area (Å²) >= 11 is 1.29. The molecule has 0 saturated carbocycles. The molecule has 0 spiro atoms. The molecule has 3 aliphatic rings. The van der Waals surface area contributed by atoms with Gasteiger partial charge in [0.15, 0.2) is 11.5 Å². The van der Waals surface area contributed by atoms with Crippen molar-refractivity contribution in [1.82, 2.24) is 9.80 Å². The predicted molar refractivity (Wildman–Crippen MR) is 144 cm³/mol. The number of anilines is 1. The van der Waals surface area contributed by atoms with E-state index in [0.717, 1.165) is 41.6 Å². The Kier molecular flexibility index (Phi) is 6.55. The lowest BCUT2D eigenvalue weighted by Crippen LogP contribution is -2.48. The van der Waals surface area contributed by atoms with Crippen LogP contribution in [0.2, 0.25) is 0 Å². The molecule has 3 aromatic carbocycles. The highest BCUT2D eigenvalue weighted by atomic mass is 32.2. The molecule has 1 fully saturated rings. The minimum absolute atomic E-state index is 0.0472. The van der Waals surface area contributed by atoms with Gasteiger partial charge < -0.3 is 19.3 Å². The number of hydrogen-bond donors (Lipinski definition) is 0. The first-order chi connectivity index (χ1) is 18.5. The smallest absolute Gasteiger partial charge is 0.264 e. The van der Waals surface area contributed by atoms with Crippen molar-refractivity contribution < 1.29 is 23.5 Å². The number of benzene rings is 3. The Balaban J connectivity index is 1.12. The van der Waals surface area contributed by atoms with Gasteiger partial charge in [-0.1, -0.05) is 36.0 Å². The number of piperazine rings is 1. The molecule has 3 aliphatic heterocycles. The zero-order valence-electron chi connectivity index (χ0n) is 20.9. The van der Waals surface area contributed by atoms with Crippen LogP contribution in [-0.2, 0) is 11.3 Å². The van der Waals surface area contributed by atoms with Crippen LogP contribution in [0.25, 0.3) is 6.08 Å². The lowest BCUT2D eigenvalue weighted by atomic mass is 10.1. The van der Waals surface area contributed by atoms with Gasteiger partial charge >= 0.3 is 0 Å². The molecule has 194 valence electrons. The minimum atomic E-state index is -0.376. The maximum atomic E-state index is 14.1. The Morgan fingerprint density at radius 2 is 1.79 bits per heavy atom. The highest BCUT2D eigenvalue weighted by Crippen LogP contribution is 2.42. The van der Waals surface area contributed by atoms with Gasteiger partial charge in [0.1, 0.15) is 5.82 Å². The predicted octanol–water partition coefficient (Wildman–Crippen LogP) is 4.62. The summed E-state index contributed by atoms with van der Waals surface area (Å²) in [6, 6.07) is 17.8. The number of carbonyl (C=O) groups is 2. The molecule has 0 unspecified atom stereocenters. The highest BCUT2D eigenvalue weighted by molar-refractivity contribution is 8.04. The summed E-state index contributed by atoms with van der Waals surface area (Å²) in [5.74, 6) is 0.901. The number of rotatable bonds is 4. The van der Waals surface area contributed by atoms with E-state index in [9.17, 15) is 14.0 Å². The van der Waals surface area contributed by atoms with Gasteiger partial charge in [-0.25, -0.2) is 4.39 Å². The largest absolute Gasteiger partial charge is 0.454 e. The van der Waals surface area contributed by atoms with Crippen molar-refractivity contribution in [3.05, 3.63) is 88.1 Å². The second kappa shape index (κ2) is 10.2. The number of likely N-dealkylation sites (N-methyl/N-ethyl adjacent to an activating group) is 1. The Hall–Kier alpha value is -3.82. The second-order valence-corrected chi connectivity index (χ2v) is 10.5. The van der Waals surface area contributed by atoms with Gasteiger partial charge in [0.25, 0.3) is 11.8 Å². The standard InChI is InChI=1S/C29H26FN3O4S/c1-31-23-15-21(7-9-26(23)38-27(29(31)35)16-20-4-2-3-5-22(20)30)28(34)33-12-10-32(11-13-33)17-19-6-8-24-25(14-19)37-18-36-24/h2-9,14-16H,10-13,17-18H2,1H3/b27-16-. The van der Waals surface area contributed by atoms with E-state index >= 15 is 0 Å². The molecule has 0 radical (unpaired) electrons. The molecule has 0 atom stereocenters. The van der Waals surface area contributed by atoms with E-state index in [1.807, 2.05) is 29.2 Å². The first-order valence-corrected chi connectivity index (χ1v) is 13.2. The number of hydrogen-bond acceptors (Lipinski definition) is 6. The van der Waals surface area contributed by atoms with Crippen LogP contribution < -0.4 is 14.4 Å². The van der Waals surface area contributed by atoms with Crippen LogP contribution in [0.1, 0.15) is 21.5 Å². The van der Waals surface area contributed by atoms with Crippen molar-refractivity contribution >= 4 is 35.3 Å². The summed E-state index contributed by atoms with van der Waals surface area (Å²) in [7, 11) is 1.68. The van der Waals surface area contributed by atoms with E-state index in [4.69, 9.17) is 9.47 Å². The molecule has 7 nitrogen and oxygen atoms in total. The maximum Gasteiger partial charge on any atom is 0.264 e. The van der Waals surface area contributed by atoms with E-state index < -0.39 is 0 Å². The number of amides is 2. The van der Waals surface area contributed by atoms with E-state index in [0.29, 0.717) is 34.8 Å². The number of carbonyl (C=O) groups excluding carboxylic acids is 2. The molecule has 3 heterocycles. The van der Waals surface area contributed by atoms with Crippen molar-refractivity contribution in [3.8, 4) is 11.5 Å². The van der Waals surface area contributed by atoms with Gasteiger partial charge in [-0.2, -0.15) is 0 Å². The SMILES string of the molecule is CN1C(=O)/C(=C/c2ccccc2F)Sc2ccc(C(=O)N3CCN(Cc4ccc5c(c4)OCO5)CC3)cc21. The van der Waals surface area contributed by atoms with Crippen LogP contribution in [0.15, 0.2) is 70.5 Å². The van der Waals surface area contributed by atoms with Crippen LogP contribution in [-0.4, -0.2) is 61.6 Å². The number of thioether (sulfide) groups is 1. The zero-order valence-corrected chi connectivity index (χ0v) is 21.7. The molecule has 9 heteroatoms. The van der Waals surface area contributed by atoms with Gasteiger partial charge in [-0.3, -0.25) is 14.5 Å². The quantitative estimate of drug-likeness (QED) is 0.458. The molecule has 6 rings (SSSR count). The summed E-state index contributed by atoms with van der Waals surface area (Å²) in [5, 5.41) is 0. The van der Waals surface area contributed by atoms with Crippen LogP contribution in [0.4, 0.5) is 10.1 Å². The van der Waals surface area contributed by atoms with Gasteiger partial charge in [-0.05, 0) is 48.0 Å². The zero-order chi connectivity index (χ0) is 26.2. The summed E-state index contributed by atoms with van der Waals surface area (Å²) in [4.78, 5) is 33.3. The fourth-order valence-corrected chi connectivity index (χ4v) is 5.93. The number of halogens is 1. The van der Waals surface area contributed by atoms with Gasteiger partial charge in [0.2, 0.25) is 6.79 Å². The van der Waals surface area contributed by atoms with Crippen molar-refractivity contribution in [2.24, 2.45) is 0 Å². The van der Waals surface area contributed by atoms with Crippen molar-refractivity contribution in [2.75, 3.05) is 44.9 Å². The Morgan fingerprint density at radius 1 is 1.00 bits per heavy atom. The Morgan fingerprint density at radius 3 is 2.61 bits per heavy atom. The Labute approximate surface area is 224 Å². The topological polar surface area (TPSA) is 62.3 Å². The average molecular weight is 532 g/mol. The van der Waals surface area contributed by atoms with Crippen molar-refractivity contribution in [3.63, 3.8) is 0 Å². The molecule has 1 saturated heterocycles. The van der Waals surface area contributed by atoms with Crippen LogP contribution in [0.3, 0.4) is 0 Å². The molecule has 38 heavy (non-hydrogen) atoms. The first kappa shape index (κ1) is 24.5. The van der Waals surface area contributed by atoms with Crippen molar-refractivity contribution in [1.29, 1.82) is 0 Å². The molecule has 0 aromatic heterocycles. The first-order valence-electron chi connectivity index (χ1n) is 12.4. The van der Waals surface area contributed by atoms with E-state index in [1.165, 1.54) is 22.7 Å². The van der Waals surface area contributed by atoms with Gasteiger partial charge in [0, 0.05) is 55.8 Å². The number of nitrogens with zero attached hydrogens (tertiary/aromatic N) is 3. The third-order valence-corrected chi connectivity index (χ3v) is 8.07. The van der Waals surface area contributed by atoms with Gasteiger partial charge in [-0.15, -0.1) is 0 Å². The molecular formula is C29H26FN3O4S. The fourth-order valence-electron chi connectivity index (χ4n) is 4.85. The minimum Gasteiger partial charge on any atom is -0.454 e. The molecular weight excluding hydrogens is 505 g/mol. The molecule has 3 aromatic rings. The third kappa shape index (κ3) is 4.75. The molecule has 0 aliphatic carbocycles. The van der Waals surface area contributed by atoms with E-state index in [-0.39, 0.29) is 24.4 Å². The van der Waals surface area contributed by atoms with Crippen LogP contribution in [0.5, 0.6) is 11.5 Å². The molecule has 0 bridgehead atoms.